The summed E-state index contributed by atoms with van der Waals surface area (Å²) in [5, 5.41) is 6.12. The van der Waals surface area contributed by atoms with Crippen LogP contribution >= 0.6 is 11.3 Å². The minimum absolute atomic E-state index is 0.0717. The van der Waals surface area contributed by atoms with Gasteiger partial charge in [-0.25, -0.2) is 4.98 Å². The van der Waals surface area contributed by atoms with Crippen molar-refractivity contribution in [2.75, 3.05) is 6.54 Å². The molecule has 5 heteroatoms. The molecule has 0 saturated heterocycles. The van der Waals surface area contributed by atoms with Gasteiger partial charge in [-0.3, -0.25) is 9.78 Å². The van der Waals surface area contributed by atoms with E-state index in [1.54, 1.807) is 11.3 Å². The van der Waals surface area contributed by atoms with Gasteiger partial charge in [0.15, 0.2) is 0 Å². The van der Waals surface area contributed by atoms with Gasteiger partial charge in [0.2, 0.25) is 5.91 Å². The largest absolute Gasteiger partial charge is 0.355 e. The van der Waals surface area contributed by atoms with Crippen molar-refractivity contribution in [3.8, 4) is 0 Å². The second-order valence-corrected chi connectivity index (χ2v) is 7.42. The molecule has 0 bridgehead atoms. The predicted octanol–water partition coefficient (Wildman–Crippen LogP) is 3.87. The lowest BCUT2D eigenvalue weighted by atomic mass is 9.97. The summed E-state index contributed by atoms with van der Waals surface area (Å²) in [4.78, 5) is 20.7. The van der Waals surface area contributed by atoms with Crippen LogP contribution in [0.5, 0.6) is 0 Å². The van der Waals surface area contributed by atoms with E-state index < -0.39 is 0 Å². The lowest BCUT2D eigenvalue weighted by Gasteiger charge is -2.12. The fourth-order valence-corrected chi connectivity index (χ4v) is 3.86. The van der Waals surface area contributed by atoms with E-state index in [9.17, 15) is 4.79 Å². The van der Waals surface area contributed by atoms with Crippen molar-refractivity contribution in [1.82, 2.24) is 15.3 Å². The molecule has 0 unspecified atom stereocenters. The molecule has 0 aromatic carbocycles. The molecule has 0 radical (unpaired) electrons. The maximum absolute atomic E-state index is 12.1. The molecule has 1 aliphatic carbocycles. The Bertz CT molecular complexity index is 709. The van der Waals surface area contributed by atoms with Crippen molar-refractivity contribution < 1.29 is 4.79 Å². The first-order valence-corrected chi connectivity index (χ1v) is 9.94. The molecule has 1 N–H and O–H groups in total. The van der Waals surface area contributed by atoms with Crippen LogP contribution in [0.3, 0.4) is 0 Å². The number of nitrogens with zero attached hydrogens (tertiary/aromatic N) is 2. The highest BCUT2D eigenvalue weighted by Crippen LogP contribution is 2.19. The number of hydrogen-bond acceptors (Lipinski definition) is 4. The van der Waals surface area contributed by atoms with Gasteiger partial charge >= 0.3 is 0 Å². The molecule has 0 saturated carbocycles. The zero-order valence-corrected chi connectivity index (χ0v) is 15.4. The van der Waals surface area contributed by atoms with Gasteiger partial charge in [0.05, 0.1) is 17.1 Å². The second-order valence-electron chi connectivity index (χ2n) is 6.47. The molecule has 1 aliphatic rings. The number of amides is 1. The quantitative estimate of drug-likeness (QED) is 0.731. The summed E-state index contributed by atoms with van der Waals surface area (Å²) in [5.41, 5.74) is 3.64. The van der Waals surface area contributed by atoms with Crippen LogP contribution in [0, 0.1) is 0 Å². The van der Waals surface area contributed by atoms with Gasteiger partial charge < -0.3 is 5.32 Å². The molecular formula is C20H25N3OS. The van der Waals surface area contributed by atoms with Crippen LogP contribution < -0.4 is 5.32 Å². The summed E-state index contributed by atoms with van der Waals surface area (Å²) in [6.07, 6.45) is 14.2. The Morgan fingerprint density at radius 2 is 2.04 bits per heavy atom. The molecule has 132 valence electrons. The monoisotopic (exact) mass is 355 g/mol. The SMILES string of the molecule is O=C(Cc1csc(CCc2ccncc2)n1)NCCC1=CCCCC1. The Morgan fingerprint density at radius 1 is 1.16 bits per heavy atom. The first kappa shape index (κ1) is 17.8. The molecule has 1 amide bonds. The Balaban J connectivity index is 1.38. The number of carbonyl (C=O) groups is 1. The van der Waals surface area contributed by atoms with E-state index in [1.807, 2.05) is 29.9 Å². The van der Waals surface area contributed by atoms with Gasteiger partial charge in [-0.1, -0.05) is 11.6 Å². The van der Waals surface area contributed by atoms with Gasteiger partial charge in [-0.2, -0.15) is 0 Å². The van der Waals surface area contributed by atoms with E-state index in [4.69, 9.17) is 0 Å². The number of nitrogens with one attached hydrogen (secondary N) is 1. The van der Waals surface area contributed by atoms with Crippen LogP contribution in [0.25, 0.3) is 0 Å². The zero-order valence-electron chi connectivity index (χ0n) is 14.5. The molecule has 0 fully saturated rings. The van der Waals surface area contributed by atoms with Gasteiger partial charge in [-0.15, -0.1) is 11.3 Å². The third kappa shape index (κ3) is 6.09. The predicted molar refractivity (Wildman–Crippen MR) is 102 cm³/mol. The average Bonchev–Trinajstić information content (AvgIpc) is 3.09. The minimum atomic E-state index is 0.0717. The highest BCUT2D eigenvalue weighted by Gasteiger charge is 2.09. The smallest absolute Gasteiger partial charge is 0.226 e. The first-order valence-electron chi connectivity index (χ1n) is 9.06. The molecular weight excluding hydrogens is 330 g/mol. The van der Waals surface area contributed by atoms with Crippen LogP contribution in [0.1, 0.15) is 48.4 Å². The van der Waals surface area contributed by atoms with Crippen LogP contribution in [-0.2, 0) is 24.1 Å². The molecule has 4 nitrogen and oxygen atoms in total. The van der Waals surface area contributed by atoms with Crippen LogP contribution in [0.4, 0.5) is 0 Å². The molecule has 2 heterocycles. The second kappa shape index (κ2) is 9.47. The maximum Gasteiger partial charge on any atom is 0.226 e. The Morgan fingerprint density at radius 3 is 2.84 bits per heavy atom. The highest BCUT2D eigenvalue weighted by atomic mass is 32.1. The Hall–Kier alpha value is -2.01. The standard InChI is InChI=1S/C20H25N3OS/c24-19(22-13-10-16-4-2-1-3-5-16)14-18-15-25-20(23-18)7-6-17-8-11-21-12-9-17/h4,8-9,11-12,15H,1-3,5-7,10,13-14H2,(H,22,24). The summed E-state index contributed by atoms with van der Waals surface area (Å²) < 4.78 is 0. The fourth-order valence-electron chi connectivity index (χ4n) is 3.07. The zero-order chi connectivity index (χ0) is 17.3. The van der Waals surface area contributed by atoms with Crippen LogP contribution in [-0.4, -0.2) is 22.4 Å². The van der Waals surface area contributed by atoms with Crippen molar-refractivity contribution in [1.29, 1.82) is 0 Å². The van der Waals surface area contributed by atoms with E-state index in [2.05, 4.69) is 21.4 Å². The Labute approximate surface area is 153 Å². The van der Waals surface area contributed by atoms with Crippen molar-refractivity contribution in [3.63, 3.8) is 0 Å². The molecule has 0 spiro atoms. The fraction of sp³-hybridized carbons (Fsp3) is 0.450. The van der Waals surface area contributed by atoms with Crippen LogP contribution in [0.2, 0.25) is 0 Å². The molecule has 2 aromatic heterocycles. The summed E-state index contributed by atoms with van der Waals surface area (Å²) in [7, 11) is 0. The maximum atomic E-state index is 12.1. The third-order valence-corrected chi connectivity index (χ3v) is 5.43. The van der Waals surface area contributed by atoms with Gasteiger partial charge in [0.25, 0.3) is 0 Å². The van der Waals surface area contributed by atoms with E-state index in [0.717, 1.165) is 36.5 Å². The molecule has 2 aromatic rings. The van der Waals surface area contributed by atoms with E-state index in [1.165, 1.54) is 36.8 Å². The lowest BCUT2D eigenvalue weighted by molar-refractivity contribution is -0.120. The van der Waals surface area contributed by atoms with Crippen molar-refractivity contribution in [2.45, 2.75) is 51.4 Å². The summed E-state index contributed by atoms with van der Waals surface area (Å²) in [6, 6.07) is 4.06. The van der Waals surface area contributed by atoms with Gasteiger partial charge in [0.1, 0.15) is 0 Å². The molecule has 0 atom stereocenters. The number of pyridine rings is 1. The van der Waals surface area contributed by atoms with E-state index in [0.29, 0.717) is 6.42 Å². The van der Waals surface area contributed by atoms with Gasteiger partial charge in [-0.05, 0) is 56.2 Å². The first-order chi connectivity index (χ1) is 12.3. The molecule has 0 aliphatic heterocycles. The van der Waals surface area contributed by atoms with Crippen molar-refractivity contribution in [3.05, 3.63) is 57.8 Å². The number of aromatic nitrogens is 2. The number of rotatable bonds is 8. The highest BCUT2D eigenvalue weighted by molar-refractivity contribution is 7.09. The Kier molecular flexibility index (Phi) is 6.74. The number of carbonyl (C=O) groups excluding carboxylic acids is 1. The normalized spacial score (nSPS) is 14.2. The summed E-state index contributed by atoms with van der Waals surface area (Å²) in [5.74, 6) is 0.0717. The van der Waals surface area contributed by atoms with Crippen LogP contribution in [0.15, 0.2) is 41.6 Å². The summed E-state index contributed by atoms with van der Waals surface area (Å²) in [6.45, 7) is 0.740. The molecule has 25 heavy (non-hydrogen) atoms. The van der Waals surface area contributed by atoms with E-state index >= 15 is 0 Å². The topological polar surface area (TPSA) is 54.9 Å². The minimum Gasteiger partial charge on any atom is -0.355 e. The number of allylic oxidation sites excluding steroid dienone is 1. The number of hydrogen-bond donors (Lipinski definition) is 1. The average molecular weight is 356 g/mol. The molecule has 3 rings (SSSR count). The third-order valence-electron chi connectivity index (χ3n) is 4.47. The van der Waals surface area contributed by atoms with Crippen molar-refractivity contribution >= 4 is 17.2 Å². The van der Waals surface area contributed by atoms with E-state index in [-0.39, 0.29) is 5.91 Å². The summed E-state index contributed by atoms with van der Waals surface area (Å²) >= 11 is 1.64. The number of thiazole rings is 1. The van der Waals surface area contributed by atoms with Gasteiger partial charge in [0, 0.05) is 30.7 Å². The number of aryl methyl sites for hydroxylation is 2. The van der Waals surface area contributed by atoms with Crippen molar-refractivity contribution in [2.24, 2.45) is 0 Å². The lowest BCUT2D eigenvalue weighted by Crippen LogP contribution is -2.26.